The second-order valence-electron chi connectivity index (χ2n) is 6.61. The van der Waals surface area contributed by atoms with Gasteiger partial charge in [0.2, 0.25) is 11.0 Å². The summed E-state index contributed by atoms with van der Waals surface area (Å²) in [4.78, 5) is 14.5. The van der Waals surface area contributed by atoms with Crippen LogP contribution >= 0.6 is 46.3 Å². The molecule has 0 saturated carbocycles. The lowest BCUT2D eigenvalue weighted by Gasteiger charge is -2.21. The van der Waals surface area contributed by atoms with Gasteiger partial charge in [0.25, 0.3) is 0 Å². The smallest absolute Gasteiger partial charge is 0.242 e. The molecule has 1 amide bonds. The number of methoxy groups -OCH3 is 1. The van der Waals surface area contributed by atoms with Crippen LogP contribution in [0, 0.1) is 0 Å². The monoisotopic (exact) mass is 497 g/mol. The maximum atomic E-state index is 12.9. The number of hydrogen-bond acceptors (Lipinski definition) is 8. The first-order valence-electron chi connectivity index (χ1n) is 9.13. The van der Waals surface area contributed by atoms with Crippen LogP contribution in [0.3, 0.4) is 0 Å². The Morgan fingerprint density at radius 2 is 1.97 bits per heavy atom. The van der Waals surface area contributed by atoms with Crippen molar-refractivity contribution in [1.29, 1.82) is 0 Å². The lowest BCUT2D eigenvalue weighted by molar-refractivity contribution is -0.117. The van der Waals surface area contributed by atoms with Crippen molar-refractivity contribution in [1.82, 2.24) is 10.2 Å². The quantitative estimate of drug-likeness (QED) is 0.493. The molecule has 2 aromatic carbocycles. The second kappa shape index (κ2) is 9.12. The second-order valence-corrected chi connectivity index (χ2v) is 9.92. The molecule has 162 valence electrons. The molecule has 1 N–H and O–H groups in total. The van der Waals surface area contributed by atoms with E-state index in [1.807, 2.05) is 6.92 Å². The molecule has 0 spiro atoms. The third kappa shape index (κ3) is 4.55. The Bertz CT molecular complexity index is 1130. The maximum Gasteiger partial charge on any atom is 0.242 e. The van der Waals surface area contributed by atoms with Crippen molar-refractivity contribution in [2.45, 2.75) is 24.2 Å². The number of ether oxygens (including phenoxy) is 2. The van der Waals surface area contributed by atoms with Crippen LogP contribution in [0.25, 0.3) is 0 Å². The Morgan fingerprint density at radius 1 is 1.16 bits per heavy atom. The largest absolute Gasteiger partial charge is 0.504 e. The van der Waals surface area contributed by atoms with Gasteiger partial charge in [0.15, 0.2) is 16.5 Å². The van der Waals surface area contributed by atoms with Gasteiger partial charge in [0, 0.05) is 5.02 Å². The Labute approximate surface area is 196 Å². The van der Waals surface area contributed by atoms with Crippen molar-refractivity contribution < 1.29 is 19.4 Å². The summed E-state index contributed by atoms with van der Waals surface area (Å²) in [7, 11) is 1.48. The number of anilines is 1. The Morgan fingerprint density at radius 3 is 2.71 bits per heavy atom. The van der Waals surface area contributed by atoms with Gasteiger partial charge in [-0.2, -0.15) is 0 Å². The van der Waals surface area contributed by atoms with E-state index < -0.39 is 0 Å². The number of carbonyl (C=O) groups excluding carboxylic acids is 1. The number of nitrogens with zero attached hydrogens (tertiary/aromatic N) is 3. The molecule has 31 heavy (non-hydrogen) atoms. The van der Waals surface area contributed by atoms with E-state index in [-0.39, 0.29) is 28.9 Å². The molecule has 0 aliphatic carbocycles. The van der Waals surface area contributed by atoms with Gasteiger partial charge in [-0.15, -0.1) is 22.0 Å². The number of phenolic OH excluding ortho intramolecular Hbond substituents is 1. The van der Waals surface area contributed by atoms with Crippen molar-refractivity contribution in [3.63, 3.8) is 0 Å². The fraction of sp³-hybridized carbons (Fsp3) is 0.250. The zero-order valence-electron chi connectivity index (χ0n) is 16.4. The molecule has 2 unspecified atom stereocenters. The van der Waals surface area contributed by atoms with Gasteiger partial charge in [-0.05, 0) is 42.8 Å². The van der Waals surface area contributed by atoms with Crippen LogP contribution in [0.4, 0.5) is 5.13 Å². The fourth-order valence-corrected chi connectivity index (χ4v) is 5.59. The number of phenols is 1. The van der Waals surface area contributed by atoms with Crippen molar-refractivity contribution in [3.8, 4) is 17.2 Å². The van der Waals surface area contributed by atoms with E-state index in [0.29, 0.717) is 31.7 Å². The molecule has 2 atom stereocenters. The molecule has 1 saturated heterocycles. The van der Waals surface area contributed by atoms with E-state index >= 15 is 0 Å². The van der Waals surface area contributed by atoms with Gasteiger partial charge in [-0.1, -0.05) is 40.6 Å². The van der Waals surface area contributed by atoms with Crippen LogP contribution in [0.5, 0.6) is 17.2 Å². The minimum absolute atomic E-state index is 0.0383. The molecule has 1 aromatic heterocycles. The number of aromatic nitrogens is 2. The molecule has 11 heteroatoms. The zero-order chi connectivity index (χ0) is 22.1. The highest BCUT2D eigenvalue weighted by molar-refractivity contribution is 8.01. The van der Waals surface area contributed by atoms with Gasteiger partial charge >= 0.3 is 0 Å². The van der Waals surface area contributed by atoms with Crippen molar-refractivity contribution in [2.24, 2.45) is 0 Å². The summed E-state index contributed by atoms with van der Waals surface area (Å²) in [5.74, 6) is 0.803. The fourth-order valence-electron chi connectivity index (χ4n) is 3.03. The predicted octanol–water partition coefficient (Wildman–Crippen LogP) is 5.31. The van der Waals surface area contributed by atoms with Crippen LogP contribution in [0.2, 0.25) is 10.0 Å². The van der Waals surface area contributed by atoms with E-state index in [2.05, 4.69) is 10.2 Å². The summed E-state index contributed by atoms with van der Waals surface area (Å²) < 4.78 is 10.9. The van der Waals surface area contributed by atoms with E-state index in [1.165, 1.54) is 30.2 Å². The third-order valence-electron chi connectivity index (χ3n) is 4.55. The van der Waals surface area contributed by atoms with Crippen LogP contribution < -0.4 is 14.4 Å². The van der Waals surface area contributed by atoms with Gasteiger partial charge in [-0.3, -0.25) is 9.69 Å². The van der Waals surface area contributed by atoms with Crippen LogP contribution in [-0.4, -0.2) is 33.6 Å². The molecule has 4 rings (SSSR count). The number of thioether (sulfide) groups is 1. The molecular weight excluding hydrogens is 481 g/mol. The molecule has 1 aliphatic heterocycles. The topological polar surface area (TPSA) is 84.8 Å². The van der Waals surface area contributed by atoms with Gasteiger partial charge in [0.05, 0.1) is 17.4 Å². The van der Waals surface area contributed by atoms with E-state index in [1.54, 1.807) is 41.3 Å². The van der Waals surface area contributed by atoms with E-state index in [0.717, 1.165) is 5.56 Å². The lowest BCUT2D eigenvalue weighted by atomic mass is 10.2. The van der Waals surface area contributed by atoms with Crippen molar-refractivity contribution >= 4 is 57.3 Å². The summed E-state index contributed by atoms with van der Waals surface area (Å²) in [6, 6.07) is 10.0. The average molecular weight is 498 g/mol. The Hall–Kier alpha value is -2.20. The molecule has 1 aliphatic rings. The number of hydrogen-bond donors (Lipinski definition) is 1. The molecule has 3 aromatic rings. The average Bonchev–Trinajstić information content (AvgIpc) is 3.32. The van der Waals surface area contributed by atoms with Crippen LogP contribution in [0.1, 0.15) is 22.9 Å². The highest BCUT2D eigenvalue weighted by Crippen LogP contribution is 2.47. The first-order valence-corrected chi connectivity index (χ1v) is 11.6. The summed E-state index contributed by atoms with van der Waals surface area (Å²) >= 11 is 14.8. The molecule has 0 radical (unpaired) electrons. The van der Waals surface area contributed by atoms with Crippen molar-refractivity contribution in [2.75, 3.05) is 12.0 Å². The summed E-state index contributed by atoms with van der Waals surface area (Å²) in [6.45, 7) is 2.01. The number of rotatable bonds is 6. The third-order valence-corrected chi connectivity index (χ3v) is 7.33. The zero-order valence-corrected chi connectivity index (χ0v) is 19.6. The van der Waals surface area contributed by atoms with Crippen LogP contribution in [0.15, 0.2) is 36.4 Å². The minimum atomic E-state index is -0.315. The lowest BCUT2D eigenvalue weighted by Crippen LogP contribution is -2.30. The highest BCUT2D eigenvalue weighted by Gasteiger charge is 2.41. The SMILES string of the molecule is COc1cc(C2SC(C)C(=O)N2c2nnc(COc3ccc(Cl)cc3Cl)s2)ccc1O. The standard InChI is InChI=1S/C20H17Cl2N3O4S2/c1-10-18(27)25(19(30-10)11-3-5-14(26)16(7-11)28-2)20-24-23-17(31-20)9-29-15-6-4-12(21)8-13(15)22/h3-8,10,19,26H,9H2,1-2H3. The molecule has 2 heterocycles. The Kier molecular flexibility index (Phi) is 6.47. The summed E-state index contributed by atoms with van der Waals surface area (Å²) in [5, 5.41) is 19.7. The molecular formula is C20H17Cl2N3O4S2. The number of carbonyl (C=O) groups is 1. The van der Waals surface area contributed by atoms with Crippen molar-refractivity contribution in [3.05, 3.63) is 57.0 Å². The van der Waals surface area contributed by atoms with E-state index in [4.69, 9.17) is 32.7 Å². The first-order chi connectivity index (χ1) is 14.9. The number of amides is 1. The molecule has 7 nitrogen and oxygen atoms in total. The first kappa shape index (κ1) is 22.0. The number of halogens is 2. The highest BCUT2D eigenvalue weighted by atomic mass is 35.5. The van der Waals surface area contributed by atoms with E-state index in [9.17, 15) is 9.90 Å². The summed E-state index contributed by atoms with van der Waals surface area (Å²) in [5.41, 5.74) is 0.818. The van der Waals surface area contributed by atoms with Gasteiger partial charge < -0.3 is 14.6 Å². The van der Waals surface area contributed by atoms with Gasteiger partial charge in [-0.25, -0.2) is 0 Å². The predicted molar refractivity (Wildman–Crippen MR) is 123 cm³/mol. The van der Waals surface area contributed by atoms with Gasteiger partial charge in [0.1, 0.15) is 17.7 Å². The Balaban J connectivity index is 1.56. The maximum absolute atomic E-state index is 12.9. The minimum Gasteiger partial charge on any atom is -0.504 e. The normalized spacial score (nSPS) is 18.5. The van der Waals surface area contributed by atoms with Crippen LogP contribution in [-0.2, 0) is 11.4 Å². The molecule has 1 fully saturated rings. The number of benzene rings is 2. The number of aromatic hydroxyl groups is 1. The molecule has 0 bridgehead atoms. The summed E-state index contributed by atoms with van der Waals surface area (Å²) in [6.07, 6.45) is 0.